The minimum atomic E-state index is -3.72. The normalized spacial score (nSPS) is 11.8. The topological polar surface area (TPSA) is 85.1 Å². The molecule has 0 atom stereocenters. The zero-order valence-corrected chi connectivity index (χ0v) is 13.5. The van der Waals surface area contributed by atoms with Crippen LogP contribution in [0, 0.1) is 6.92 Å². The average molecular weight is 352 g/mol. The summed E-state index contributed by atoms with van der Waals surface area (Å²) >= 11 is 13.1. The minimum Gasteiger partial charge on any atom is -0.396 e. The van der Waals surface area contributed by atoms with Gasteiger partial charge in [0.2, 0.25) is 10.0 Å². The largest absolute Gasteiger partial charge is 0.396 e. The van der Waals surface area contributed by atoms with Gasteiger partial charge in [0.1, 0.15) is 5.01 Å². The molecule has 0 aliphatic rings. The summed E-state index contributed by atoms with van der Waals surface area (Å²) in [6, 6.07) is 2.52. The average Bonchev–Trinajstić information content (AvgIpc) is 2.79. The smallest absolute Gasteiger partial charge is 0.241 e. The number of hydrogen-bond donors (Lipinski definition) is 2. The van der Waals surface area contributed by atoms with Gasteiger partial charge in [-0.2, -0.15) is 0 Å². The molecule has 0 fully saturated rings. The van der Waals surface area contributed by atoms with E-state index >= 15 is 0 Å². The van der Waals surface area contributed by atoms with Crippen molar-refractivity contribution in [1.82, 2.24) is 9.71 Å². The Bertz CT molecular complexity index is 721. The van der Waals surface area contributed by atoms with E-state index in [1.807, 2.05) is 6.92 Å². The first-order chi connectivity index (χ1) is 9.29. The van der Waals surface area contributed by atoms with Crippen molar-refractivity contribution in [3.05, 3.63) is 38.3 Å². The number of benzene rings is 1. The summed E-state index contributed by atoms with van der Waals surface area (Å²) in [7, 11) is -3.72. The molecule has 0 saturated heterocycles. The van der Waals surface area contributed by atoms with Gasteiger partial charge in [0, 0.05) is 11.1 Å². The van der Waals surface area contributed by atoms with E-state index in [0.29, 0.717) is 5.01 Å². The summed E-state index contributed by atoms with van der Waals surface area (Å²) in [5, 5.41) is 0.879. The molecule has 0 saturated carbocycles. The van der Waals surface area contributed by atoms with Gasteiger partial charge in [-0.05, 0) is 19.1 Å². The van der Waals surface area contributed by atoms with Crippen molar-refractivity contribution >= 4 is 50.2 Å². The number of nitrogen functional groups attached to an aromatic ring is 1. The molecule has 3 N–H and O–H groups in total. The molecule has 5 nitrogen and oxygen atoms in total. The summed E-state index contributed by atoms with van der Waals surface area (Å²) in [6.45, 7) is 2.01. The van der Waals surface area contributed by atoms with Gasteiger partial charge in [0.05, 0.1) is 27.2 Å². The lowest BCUT2D eigenvalue weighted by atomic mass is 10.3. The first kappa shape index (κ1) is 15.5. The van der Waals surface area contributed by atoms with Crippen molar-refractivity contribution in [2.24, 2.45) is 0 Å². The van der Waals surface area contributed by atoms with E-state index < -0.39 is 10.0 Å². The van der Waals surface area contributed by atoms with Crippen molar-refractivity contribution in [2.45, 2.75) is 18.4 Å². The Morgan fingerprint density at radius 2 is 1.95 bits per heavy atom. The highest BCUT2D eigenvalue weighted by Crippen LogP contribution is 2.30. The van der Waals surface area contributed by atoms with Crippen molar-refractivity contribution in [3.8, 4) is 0 Å². The van der Waals surface area contributed by atoms with Gasteiger partial charge in [-0.15, -0.1) is 11.3 Å². The number of rotatable bonds is 4. The Kier molecular flexibility index (Phi) is 4.55. The number of nitrogens with one attached hydrogen (secondary N) is 1. The van der Waals surface area contributed by atoms with Crippen LogP contribution in [0.2, 0.25) is 10.0 Å². The number of aromatic nitrogens is 1. The molecule has 0 aliphatic carbocycles. The van der Waals surface area contributed by atoms with E-state index in [1.165, 1.54) is 23.5 Å². The molecule has 1 aromatic heterocycles. The molecular formula is C11H11Cl2N3O2S2. The molecule has 1 aromatic carbocycles. The molecule has 0 spiro atoms. The van der Waals surface area contributed by atoms with Gasteiger partial charge in [-0.3, -0.25) is 0 Å². The van der Waals surface area contributed by atoms with E-state index in [9.17, 15) is 8.42 Å². The Balaban J connectivity index is 2.22. The summed E-state index contributed by atoms with van der Waals surface area (Å²) in [5.74, 6) is 0. The predicted octanol–water partition coefficient (Wildman–Crippen LogP) is 2.82. The first-order valence-electron chi connectivity index (χ1n) is 5.45. The lowest BCUT2D eigenvalue weighted by molar-refractivity contribution is 0.581. The number of aryl methyl sites for hydroxylation is 1. The van der Waals surface area contributed by atoms with Crippen molar-refractivity contribution < 1.29 is 8.42 Å². The Hall–Kier alpha value is -0.860. The molecule has 1 heterocycles. The second-order valence-corrected chi connectivity index (χ2v) is 7.89. The predicted molar refractivity (Wildman–Crippen MR) is 81.8 cm³/mol. The second-order valence-electron chi connectivity index (χ2n) is 3.99. The maximum Gasteiger partial charge on any atom is 0.241 e. The van der Waals surface area contributed by atoms with Crippen LogP contribution in [0.4, 0.5) is 5.69 Å². The molecule has 0 radical (unpaired) electrons. The number of halogens is 2. The number of sulfonamides is 1. The van der Waals surface area contributed by atoms with Crippen LogP contribution in [0.15, 0.2) is 23.2 Å². The van der Waals surface area contributed by atoms with E-state index in [-0.39, 0.29) is 27.2 Å². The van der Waals surface area contributed by atoms with Crippen LogP contribution >= 0.6 is 34.5 Å². The van der Waals surface area contributed by atoms with E-state index in [0.717, 1.165) is 4.88 Å². The van der Waals surface area contributed by atoms with Gasteiger partial charge in [-0.25, -0.2) is 18.1 Å². The molecular weight excluding hydrogens is 341 g/mol. The van der Waals surface area contributed by atoms with E-state index in [4.69, 9.17) is 28.9 Å². The molecule has 0 bridgehead atoms. The van der Waals surface area contributed by atoms with Gasteiger partial charge < -0.3 is 5.73 Å². The second kappa shape index (κ2) is 5.87. The summed E-state index contributed by atoms with van der Waals surface area (Å²) in [5.41, 5.74) is 5.73. The van der Waals surface area contributed by atoms with Gasteiger partial charge in [0.15, 0.2) is 0 Å². The lowest BCUT2D eigenvalue weighted by Gasteiger charge is -2.08. The van der Waals surface area contributed by atoms with Crippen molar-refractivity contribution in [3.63, 3.8) is 0 Å². The quantitative estimate of drug-likeness (QED) is 0.829. The fraction of sp³-hybridized carbons (Fsp3) is 0.182. The van der Waals surface area contributed by atoms with Crippen molar-refractivity contribution in [2.75, 3.05) is 5.73 Å². The third-order valence-corrected chi connectivity index (χ3v) is 5.36. The number of hydrogen-bond acceptors (Lipinski definition) is 5. The number of nitrogens with zero attached hydrogens (tertiary/aromatic N) is 1. The van der Waals surface area contributed by atoms with Crippen LogP contribution < -0.4 is 10.5 Å². The number of anilines is 1. The third-order valence-electron chi connectivity index (χ3n) is 2.45. The molecule has 2 rings (SSSR count). The number of thiazole rings is 1. The van der Waals surface area contributed by atoms with Gasteiger partial charge >= 0.3 is 0 Å². The summed E-state index contributed by atoms with van der Waals surface area (Å²) in [4.78, 5) is 5.06. The molecule has 2 aromatic rings. The highest BCUT2D eigenvalue weighted by molar-refractivity contribution is 7.89. The zero-order chi connectivity index (χ0) is 14.9. The molecule has 0 amide bonds. The van der Waals surface area contributed by atoms with Crippen LogP contribution in [-0.2, 0) is 16.6 Å². The van der Waals surface area contributed by atoms with E-state index in [2.05, 4.69) is 9.71 Å². The summed E-state index contributed by atoms with van der Waals surface area (Å²) < 4.78 is 26.7. The van der Waals surface area contributed by atoms with Crippen LogP contribution in [0.25, 0.3) is 0 Å². The fourth-order valence-corrected chi connectivity index (χ4v) is 3.91. The van der Waals surface area contributed by atoms with Crippen molar-refractivity contribution in [1.29, 1.82) is 0 Å². The standard InChI is InChI=1S/C11H11Cl2N3O2S2/c1-6-4-15-10(19-6)5-16-20(17,18)7-2-8(12)11(14)9(13)3-7/h2-4,16H,5,14H2,1H3. The van der Waals surface area contributed by atoms with Crippen LogP contribution in [0.3, 0.4) is 0 Å². The van der Waals surface area contributed by atoms with Gasteiger partial charge in [-0.1, -0.05) is 23.2 Å². The fourth-order valence-electron chi connectivity index (χ4n) is 1.44. The molecule has 0 aliphatic heterocycles. The van der Waals surface area contributed by atoms with Gasteiger partial charge in [0.25, 0.3) is 0 Å². The third kappa shape index (κ3) is 3.42. The highest BCUT2D eigenvalue weighted by Gasteiger charge is 2.17. The highest BCUT2D eigenvalue weighted by atomic mass is 35.5. The molecule has 20 heavy (non-hydrogen) atoms. The SMILES string of the molecule is Cc1cnc(CNS(=O)(=O)c2cc(Cl)c(N)c(Cl)c2)s1. The van der Waals surface area contributed by atoms with Crippen LogP contribution in [-0.4, -0.2) is 13.4 Å². The summed E-state index contributed by atoms with van der Waals surface area (Å²) in [6.07, 6.45) is 1.69. The maximum absolute atomic E-state index is 12.1. The first-order valence-corrected chi connectivity index (χ1v) is 8.50. The Morgan fingerprint density at radius 1 is 1.35 bits per heavy atom. The Labute approximate surface area is 130 Å². The molecule has 0 unspecified atom stereocenters. The zero-order valence-electron chi connectivity index (χ0n) is 10.4. The maximum atomic E-state index is 12.1. The monoisotopic (exact) mass is 351 g/mol. The molecule has 9 heteroatoms. The van der Waals surface area contributed by atoms with E-state index in [1.54, 1.807) is 6.20 Å². The van der Waals surface area contributed by atoms with Crippen LogP contribution in [0.1, 0.15) is 9.88 Å². The minimum absolute atomic E-state index is 0.0324. The Morgan fingerprint density at radius 3 is 2.45 bits per heavy atom. The molecule has 108 valence electrons. The van der Waals surface area contributed by atoms with Crippen LogP contribution in [0.5, 0.6) is 0 Å². The lowest BCUT2D eigenvalue weighted by Crippen LogP contribution is -2.23. The number of nitrogens with two attached hydrogens (primary N) is 1.